The maximum atomic E-state index is 13.2. The fourth-order valence-corrected chi connectivity index (χ4v) is 6.33. The molecule has 10 heteroatoms. The maximum Gasteiger partial charge on any atom is 1.00 e. The molecule has 3 aromatic rings. The average Bonchev–Trinajstić information content (AvgIpc) is 2.88. The van der Waals surface area contributed by atoms with Crippen molar-refractivity contribution >= 4 is 32.4 Å². The van der Waals surface area contributed by atoms with Gasteiger partial charge in [0.25, 0.3) is 0 Å². The number of nitrogens with zero attached hydrogens (tertiary/aromatic N) is 4. The van der Waals surface area contributed by atoms with Gasteiger partial charge in [-0.15, -0.1) is 0 Å². The number of carbonyl (C=O) groups is 1. The van der Waals surface area contributed by atoms with Crippen LogP contribution < -0.4 is 34.5 Å². The molecule has 3 heterocycles. The average molecular weight is 505 g/mol. The van der Waals surface area contributed by atoms with E-state index in [9.17, 15) is 18.3 Å². The number of sulfonamides is 1. The number of aromatic hydroxyl groups is 1. The topological polar surface area (TPSA) is 94.1 Å². The van der Waals surface area contributed by atoms with E-state index >= 15 is 0 Å². The molecule has 5 rings (SSSR count). The molecule has 0 bridgehead atoms. The van der Waals surface area contributed by atoms with Gasteiger partial charge in [0.15, 0.2) is 0 Å². The Morgan fingerprint density at radius 2 is 1.51 bits per heavy atom. The third-order valence-electron chi connectivity index (χ3n) is 6.86. The smallest absolute Gasteiger partial charge is 1.00 e. The Morgan fingerprint density at radius 3 is 2.20 bits per heavy atom. The first kappa shape index (κ1) is 25.9. The van der Waals surface area contributed by atoms with E-state index in [0.717, 1.165) is 42.4 Å². The summed E-state index contributed by atoms with van der Waals surface area (Å²) in [6.07, 6.45) is 5.16. The van der Waals surface area contributed by atoms with Crippen LogP contribution in [0.5, 0.6) is 5.75 Å². The molecule has 8 nitrogen and oxygen atoms in total. The largest absolute Gasteiger partial charge is 1.00 e. The number of carbonyl (C=O) groups excluding carboxylic acids is 1. The third-order valence-corrected chi connectivity index (χ3v) is 8.75. The molecule has 2 saturated heterocycles. The number of hydrogen-bond donors (Lipinski definition) is 1. The van der Waals surface area contributed by atoms with Crippen LogP contribution >= 0.6 is 0 Å². The molecule has 0 saturated carbocycles. The molecule has 2 fully saturated rings. The number of piperazine rings is 1. The minimum Gasteiger partial charge on any atom is -1.00 e. The summed E-state index contributed by atoms with van der Waals surface area (Å²) >= 11 is 0. The summed E-state index contributed by atoms with van der Waals surface area (Å²) in [6, 6.07) is 13.8. The summed E-state index contributed by atoms with van der Waals surface area (Å²) in [5.41, 5.74) is 1.13. The Morgan fingerprint density at radius 1 is 0.886 bits per heavy atom. The van der Waals surface area contributed by atoms with Crippen molar-refractivity contribution in [1.82, 2.24) is 14.2 Å². The fraction of sp³-hybridized carbons (Fsp3) is 0.360. The zero-order valence-corrected chi connectivity index (χ0v) is 22.7. The molecular formula is C25H29N4NaO4S. The van der Waals surface area contributed by atoms with Gasteiger partial charge in [0.05, 0.1) is 4.90 Å². The van der Waals surface area contributed by atoms with E-state index in [4.69, 9.17) is 0 Å². The molecule has 35 heavy (non-hydrogen) atoms. The molecule has 0 aliphatic carbocycles. The van der Waals surface area contributed by atoms with E-state index < -0.39 is 10.0 Å². The number of aromatic nitrogens is 1. The van der Waals surface area contributed by atoms with Crippen LogP contribution in [0.3, 0.4) is 0 Å². The molecule has 180 valence electrons. The van der Waals surface area contributed by atoms with Crippen molar-refractivity contribution in [3.8, 4) is 5.75 Å². The molecule has 0 unspecified atom stereocenters. The summed E-state index contributed by atoms with van der Waals surface area (Å²) in [4.78, 5) is 21.5. The van der Waals surface area contributed by atoms with Crippen molar-refractivity contribution in [1.29, 1.82) is 0 Å². The second-order valence-electron chi connectivity index (χ2n) is 8.89. The Hall–Kier alpha value is -2.17. The van der Waals surface area contributed by atoms with Crippen molar-refractivity contribution in [3.05, 3.63) is 60.9 Å². The minimum absolute atomic E-state index is 0. The number of piperidine rings is 1. The number of phenolic OH excluding ortho intramolecular Hbond substituents is 1. The number of fused-ring (bicyclic) bond motifs is 1. The van der Waals surface area contributed by atoms with Gasteiger partial charge < -0.3 is 16.3 Å². The zero-order chi connectivity index (χ0) is 23.7. The number of hydrogen-bond acceptors (Lipinski definition) is 6. The van der Waals surface area contributed by atoms with Gasteiger partial charge in [-0.1, -0.05) is 12.1 Å². The van der Waals surface area contributed by atoms with Crippen molar-refractivity contribution < 1.29 is 49.3 Å². The van der Waals surface area contributed by atoms with Crippen LogP contribution in [0, 0.1) is 5.92 Å². The van der Waals surface area contributed by atoms with Gasteiger partial charge >= 0.3 is 29.6 Å². The molecule has 2 aliphatic heterocycles. The van der Waals surface area contributed by atoms with Crippen LogP contribution in [-0.2, 0) is 14.8 Å². The van der Waals surface area contributed by atoms with Crippen LogP contribution in [0.1, 0.15) is 14.3 Å². The minimum atomic E-state index is -3.65. The molecule has 1 aromatic heterocycles. The SMILES string of the molecule is O=C(C1CCN(c2ccncc2)CC1)N1CCN(S(=O)(=O)c2ccc3cc(O)ccc3c2)CC1.[H-].[Na+]. The number of amides is 1. The Kier molecular flexibility index (Phi) is 8.02. The second-order valence-corrected chi connectivity index (χ2v) is 10.8. The molecule has 2 aliphatic rings. The van der Waals surface area contributed by atoms with Gasteiger partial charge in [-0.05, 0) is 60.0 Å². The number of benzene rings is 2. The van der Waals surface area contributed by atoms with Gasteiger partial charge in [0.2, 0.25) is 15.9 Å². The van der Waals surface area contributed by atoms with E-state index in [-0.39, 0.29) is 66.5 Å². The molecule has 2 aromatic carbocycles. The Balaban J connectivity index is 0.00000180. The van der Waals surface area contributed by atoms with Gasteiger partial charge in [-0.2, -0.15) is 4.31 Å². The van der Waals surface area contributed by atoms with Crippen molar-refractivity contribution in [3.63, 3.8) is 0 Å². The molecule has 1 amide bonds. The monoisotopic (exact) mass is 504 g/mol. The van der Waals surface area contributed by atoms with E-state index in [2.05, 4.69) is 9.88 Å². The van der Waals surface area contributed by atoms with Crippen LogP contribution in [0.2, 0.25) is 0 Å². The van der Waals surface area contributed by atoms with E-state index in [0.29, 0.717) is 13.1 Å². The Labute approximate surface area is 229 Å². The van der Waals surface area contributed by atoms with Crippen LogP contribution in [-0.4, -0.2) is 72.9 Å². The predicted octanol–water partition coefficient (Wildman–Crippen LogP) is -0.194. The van der Waals surface area contributed by atoms with Crippen LogP contribution in [0.15, 0.2) is 65.8 Å². The quantitative estimate of drug-likeness (QED) is 0.495. The third kappa shape index (κ3) is 5.49. The number of phenols is 1. The van der Waals surface area contributed by atoms with Crippen molar-refractivity contribution in [2.24, 2.45) is 5.92 Å². The summed E-state index contributed by atoms with van der Waals surface area (Å²) in [7, 11) is -3.65. The van der Waals surface area contributed by atoms with Gasteiger partial charge in [0.1, 0.15) is 5.75 Å². The summed E-state index contributed by atoms with van der Waals surface area (Å²) in [5.74, 6) is 0.266. The zero-order valence-electron chi connectivity index (χ0n) is 20.9. The second kappa shape index (κ2) is 10.8. The van der Waals surface area contributed by atoms with Crippen LogP contribution in [0.25, 0.3) is 10.8 Å². The predicted molar refractivity (Wildman–Crippen MR) is 131 cm³/mol. The van der Waals surface area contributed by atoms with Gasteiger partial charge in [0, 0.05) is 63.3 Å². The molecule has 0 radical (unpaired) electrons. The molecule has 0 spiro atoms. The van der Waals surface area contributed by atoms with Crippen LogP contribution in [0.4, 0.5) is 5.69 Å². The van der Waals surface area contributed by atoms with Gasteiger partial charge in [-0.25, -0.2) is 8.42 Å². The first-order valence-electron chi connectivity index (χ1n) is 11.6. The number of pyridine rings is 1. The first-order valence-corrected chi connectivity index (χ1v) is 13.0. The first-order chi connectivity index (χ1) is 16.4. The summed E-state index contributed by atoms with van der Waals surface area (Å²) < 4.78 is 27.9. The molecule has 0 atom stereocenters. The van der Waals surface area contributed by atoms with Gasteiger partial charge in [-0.3, -0.25) is 9.78 Å². The summed E-state index contributed by atoms with van der Waals surface area (Å²) in [5, 5.41) is 11.2. The van der Waals surface area contributed by atoms with E-state index in [1.807, 2.05) is 17.0 Å². The Bertz CT molecular complexity index is 1300. The molecular weight excluding hydrogens is 475 g/mol. The summed E-state index contributed by atoms with van der Waals surface area (Å²) in [6.45, 7) is 3.05. The fourth-order valence-electron chi connectivity index (χ4n) is 4.87. The number of rotatable bonds is 4. The van der Waals surface area contributed by atoms with Crippen molar-refractivity contribution in [2.75, 3.05) is 44.2 Å². The standard InChI is InChI=1S/C25H28N4O4S.Na.H/c30-23-3-1-21-18-24(4-2-20(21)17-23)34(32,33)29-15-13-28(14-16-29)25(31)19-7-11-27(12-8-19)22-5-9-26-10-6-22;;/h1-6,9-10,17-19,30H,7-8,11-16H2;;/q;+1;-1. The normalized spacial score (nSPS) is 17.8. The van der Waals surface area contributed by atoms with Crippen molar-refractivity contribution in [2.45, 2.75) is 17.7 Å². The van der Waals surface area contributed by atoms with E-state index in [1.165, 1.54) is 4.31 Å². The van der Waals surface area contributed by atoms with E-state index in [1.54, 1.807) is 48.8 Å². The number of anilines is 1. The molecule has 1 N–H and O–H groups in total. The maximum absolute atomic E-state index is 13.2.